The van der Waals surface area contributed by atoms with Crippen LogP contribution in [0.2, 0.25) is 0 Å². The second-order valence-corrected chi connectivity index (χ2v) is 16.3. The first-order valence-electron chi connectivity index (χ1n) is 17.4. The minimum atomic E-state index is -5.20. The van der Waals surface area contributed by atoms with Crippen molar-refractivity contribution in [2.45, 2.75) is 49.1 Å². The predicted molar refractivity (Wildman–Crippen MR) is 199 cm³/mol. The minimum absolute atomic E-state index is 0.0318. The average Bonchev–Trinajstić information content (AvgIpc) is 3.92. The first kappa shape index (κ1) is 37.7. The average molecular weight is 825 g/mol. The van der Waals surface area contributed by atoms with Crippen LogP contribution in [0.1, 0.15) is 12.5 Å². The van der Waals surface area contributed by atoms with E-state index in [0.29, 0.717) is 22.1 Å². The number of nitrogens with two attached hydrogens (primary N) is 2. The molecule has 0 amide bonds. The van der Waals surface area contributed by atoms with Crippen LogP contribution in [0.15, 0.2) is 84.2 Å². The number of aliphatic hydroxyl groups is 2. The van der Waals surface area contributed by atoms with E-state index in [1.807, 2.05) is 30.3 Å². The molecule has 2 aromatic carbocycles. The number of anilines is 2. The molecule has 298 valence electrons. The number of H-pyrrole nitrogens is 1. The summed E-state index contributed by atoms with van der Waals surface area (Å²) >= 11 is 0. The molecule has 0 spiro atoms. The lowest BCUT2D eigenvalue weighted by Crippen LogP contribution is -2.36. The molecule has 6 aromatic rings. The standard InChI is InChI=1S/C34H34N8O13P2/c35-28-22-18(16-7-3-1-4-8-16)11-41(29(22)38-15-37-28)32-25(44)26-21(53-32)14-51-57(48,49)55-27-24(43)20(13-50-56(46,47)54-26)52-33(27)42-12-19(17-9-5-2-6-10-17)23-30(42)39-34(36)40-31(23)45/h1-12,15,20-21,24-27,32-33,43-44H,13-14H2,(H,46,47)(H,48,49)(H2,35,37,38)(H3,36,39,40,45)/t20-,21-,24-,25-,26-,27-,32-,33-/m1/s1. The number of ether oxygens (including phenoxy) is 2. The van der Waals surface area contributed by atoms with Gasteiger partial charge in [0.1, 0.15) is 54.4 Å². The van der Waals surface area contributed by atoms with E-state index in [-0.39, 0.29) is 28.4 Å². The van der Waals surface area contributed by atoms with Gasteiger partial charge in [0.15, 0.2) is 18.1 Å². The van der Waals surface area contributed by atoms with E-state index in [4.69, 9.17) is 39.0 Å². The van der Waals surface area contributed by atoms with Crippen molar-refractivity contribution in [1.82, 2.24) is 29.1 Å². The number of aliphatic hydroxyl groups excluding tert-OH is 2. The highest BCUT2D eigenvalue weighted by Crippen LogP contribution is 2.54. The zero-order chi connectivity index (χ0) is 39.8. The Morgan fingerprint density at radius 2 is 1.28 bits per heavy atom. The highest BCUT2D eigenvalue weighted by atomic mass is 31.2. The van der Waals surface area contributed by atoms with E-state index < -0.39 is 83.5 Å². The van der Waals surface area contributed by atoms with Crippen LogP contribution in [0.25, 0.3) is 44.3 Å². The Morgan fingerprint density at radius 1 is 0.719 bits per heavy atom. The number of aromatic nitrogens is 6. The van der Waals surface area contributed by atoms with Crippen molar-refractivity contribution < 1.29 is 56.7 Å². The van der Waals surface area contributed by atoms with E-state index in [9.17, 15) is 33.9 Å². The summed E-state index contributed by atoms with van der Waals surface area (Å²) in [6.07, 6.45) is -8.54. The second kappa shape index (κ2) is 14.2. The SMILES string of the molecule is Nc1nc2c(c(-c3ccccc3)cn2[C@@H]2O[C@@H]3COP(=O)(O)O[C@H]4[C@@H](O)[C@H](n5cc(-c6ccccc6)c6c(N)ncnc65)O[C@@H]4COP(=O)(O)O[C@@H]2[C@@H]3O)c(=O)[nH]1. The monoisotopic (exact) mass is 824 g/mol. The number of phosphoric ester groups is 2. The van der Waals surface area contributed by atoms with Crippen molar-refractivity contribution in [1.29, 1.82) is 0 Å². The van der Waals surface area contributed by atoms with E-state index in [1.54, 1.807) is 36.5 Å². The molecule has 7 heterocycles. The number of nitrogens with zero attached hydrogens (tertiary/aromatic N) is 5. The Kier molecular flexibility index (Phi) is 9.39. The topological polar surface area (TPSA) is 304 Å². The molecule has 2 unspecified atom stereocenters. The Labute approximate surface area is 320 Å². The fourth-order valence-electron chi connectivity index (χ4n) is 7.45. The summed E-state index contributed by atoms with van der Waals surface area (Å²) in [5, 5.41) is 23.6. The van der Waals surface area contributed by atoms with Gasteiger partial charge in [-0.3, -0.25) is 27.9 Å². The number of benzene rings is 2. The molecule has 0 aliphatic carbocycles. The van der Waals surface area contributed by atoms with Crippen LogP contribution in [0, 0.1) is 0 Å². The molecule has 4 aromatic heterocycles. The summed E-state index contributed by atoms with van der Waals surface area (Å²) in [5.74, 6) is -0.128. The number of fused-ring (bicyclic) bond motifs is 5. The van der Waals surface area contributed by atoms with Gasteiger partial charge in [-0.15, -0.1) is 0 Å². The third kappa shape index (κ3) is 6.76. The molecule has 3 aliphatic heterocycles. The number of rotatable bonds is 4. The van der Waals surface area contributed by atoms with Crippen LogP contribution < -0.4 is 17.0 Å². The van der Waals surface area contributed by atoms with Gasteiger partial charge in [-0.1, -0.05) is 60.7 Å². The normalized spacial score (nSPS) is 32.1. The van der Waals surface area contributed by atoms with E-state index >= 15 is 0 Å². The summed E-state index contributed by atoms with van der Waals surface area (Å²) in [7, 11) is -10.3. The Balaban J connectivity index is 1.06. The fraction of sp³-hybridized carbons (Fsp3) is 0.294. The number of nitrogens with one attached hydrogen (secondary N) is 1. The van der Waals surface area contributed by atoms with E-state index in [1.165, 1.54) is 21.7 Å². The zero-order valence-electron chi connectivity index (χ0n) is 29.3. The lowest BCUT2D eigenvalue weighted by molar-refractivity contribution is -0.0670. The Hall–Kier alpha value is -4.86. The lowest BCUT2D eigenvalue weighted by Gasteiger charge is -2.26. The van der Waals surface area contributed by atoms with Crippen LogP contribution in [-0.2, 0) is 36.7 Å². The van der Waals surface area contributed by atoms with Crippen LogP contribution >= 0.6 is 15.6 Å². The molecule has 0 saturated carbocycles. The van der Waals surface area contributed by atoms with Crippen molar-refractivity contribution in [3.05, 3.63) is 89.7 Å². The first-order valence-corrected chi connectivity index (χ1v) is 20.4. The van der Waals surface area contributed by atoms with E-state index in [2.05, 4.69) is 19.9 Å². The molecule has 2 bridgehead atoms. The third-order valence-corrected chi connectivity index (χ3v) is 12.0. The summed E-state index contributed by atoms with van der Waals surface area (Å²) in [6.45, 7) is -1.66. The maximum atomic E-state index is 13.7. The van der Waals surface area contributed by atoms with Gasteiger partial charge in [0, 0.05) is 23.5 Å². The van der Waals surface area contributed by atoms with Gasteiger partial charge >= 0.3 is 15.6 Å². The van der Waals surface area contributed by atoms with Crippen LogP contribution in [-0.4, -0.2) is 98.9 Å². The van der Waals surface area contributed by atoms with Crippen LogP contribution in [0.5, 0.6) is 0 Å². The van der Waals surface area contributed by atoms with Gasteiger partial charge in [-0.25, -0.2) is 19.1 Å². The number of hydrogen-bond donors (Lipinski definition) is 7. The molecular weight excluding hydrogens is 790 g/mol. The summed E-state index contributed by atoms with van der Waals surface area (Å²) < 4.78 is 63.8. The molecule has 9 rings (SSSR count). The van der Waals surface area contributed by atoms with Gasteiger partial charge in [-0.2, -0.15) is 4.98 Å². The maximum absolute atomic E-state index is 13.7. The maximum Gasteiger partial charge on any atom is 0.472 e. The summed E-state index contributed by atoms with van der Waals surface area (Å²) in [4.78, 5) is 50.5. The number of aromatic amines is 1. The highest BCUT2D eigenvalue weighted by Gasteiger charge is 2.54. The molecule has 21 nitrogen and oxygen atoms in total. The predicted octanol–water partition coefficient (Wildman–Crippen LogP) is 2.20. The molecular formula is C34H34N8O13P2. The lowest BCUT2D eigenvalue weighted by atomic mass is 10.1. The number of hydrogen-bond acceptors (Lipinski definition) is 16. The molecule has 9 N–H and O–H groups in total. The fourth-order valence-corrected chi connectivity index (χ4v) is 9.35. The van der Waals surface area contributed by atoms with Crippen LogP contribution in [0.4, 0.5) is 11.8 Å². The molecule has 57 heavy (non-hydrogen) atoms. The largest absolute Gasteiger partial charge is 0.472 e. The number of nitrogen functional groups attached to an aromatic ring is 2. The first-order chi connectivity index (χ1) is 27.3. The molecule has 23 heteroatoms. The van der Waals surface area contributed by atoms with Crippen LogP contribution in [0.3, 0.4) is 0 Å². The van der Waals surface area contributed by atoms with Crippen molar-refractivity contribution in [2.75, 3.05) is 24.7 Å². The van der Waals surface area contributed by atoms with Gasteiger partial charge in [0.25, 0.3) is 5.56 Å². The smallest absolute Gasteiger partial charge is 0.387 e. The highest BCUT2D eigenvalue weighted by molar-refractivity contribution is 7.47. The van der Waals surface area contributed by atoms with Gasteiger partial charge in [-0.05, 0) is 11.1 Å². The summed E-state index contributed by atoms with van der Waals surface area (Å²) in [6, 6.07) is 17.9. The zero-order valence-corrected chi connectivity index (χ0v) is 31.1. The Bertz CT molecular complexity index is 2640. The van der Waals surface area contributed by atoms with Crippen molar-refractivity contribution in [3.63, 3.8) is 0 Å². The second-order valence-electron chi connectivity index (χ2n) is 13.5. The molecule has 0 radical (unpaired) electrons. The quantitative estimate of drug-likeness (QED) is 0.125. The van der Waals surface area contributed by atoms with Crippen molar-refractivity contribution in [3.8, 4) is 22.3 Å². The van der Waals surface area contributed by atoms with Crippen molar-refractivity contribution in [2.24, 2.45) is 0 Å². The third-order valence-electron chi connectivity index (χ3n) is 9.99. The molecule has 10 atom stereocenters. The van der Waals surface area contributed by atoms with Crippen molar-refractivity contribution >= 4 is 49.5 Å². The minimum Gasteiger partial charge on any atom is -0.387 e. The molecule has 3 aliphatic rings. The summed E-state index contributed by atoms with van der Waals surface area (Å²) in [5.41, 5.74) is 14.1. The molecule has 3 saturated heterocycles. The Morgan fingerprint density at radius 3 is 1.93 bits per heavy atom. The van der Waals surface area contributed by atoms with E-state index in [0.717, 1.165) is 5.56 Å². The van der Waals surface area contributed by atoms with Gasteiger partial charge in [0.05, 0.1) is 24.0 Å². The molecule has 3 fully saturated rings. The van der Waals surface area contributed by atoms with Gasteiger partial charge < -0.3 is 50.1 Å². The number of phosphoric acid groups is 2. The van der Waals surface area contributed by atoms with Gasteiger partial charge in [0.2, 0.25) is 5.95 Å².